The Morgan fingerprint density at radius 3 is 2.33 bits per heavy atom. The maximum atomic E-state index is 12.9. The first-order valence-electron chi connectivity index (χ1n) is 7.95. The van der Waals surface area contributed by atoms with Gasteiger partial charge < -0.3 is 4.90 Å². The summed E-state index contributed by atoms with van der Waals surface area (Å²) in [5.41, 5.74) is 1.15. The van der Waals surface area contributed by atoms with Gasteiger partial charge in [0.25, 0.3) is 0 Å². The van der Waals surface area contributed by atoms with Crippen LogP contribution in [-0.2, 0) is 10.0 Å². The van der Waals surface area contributed by atoms with Gasteiger partial charge in [0.05, 0.1) is 4.90 Å². The number of anilines is 1. The molecule has 2 aromatic rings. The minimum Gasteiger partial charge on any atom is -0.371 e. The van der Waals surface area contributed by atoms with E-state index in [1.807, 2.05) is 12.1 Å². The van der Waals surface area contributed by atoms with Crippen LogP contribution in [-0.4, -0.2) is 33.0 Å². The zero-order valence-electron chi connectivity index (χ0n) is 13.2. The van der Waals surface area contributed by atoms with E-state index in [2.05, 4.69) is 14.6 Å². The van der Waals surface area contributed by atoms with Crippen LogP contribution in [0.2, 0.25) is 0 Å². The predicted molar refractivity (Wildman–Crippen MR) is 90.8 cm³/mol. The molecular weight excluding hydrogens is 329 g/mol. The third-order valence-corrected chi connectivity index (χ3v) is 5.77. The number of benzene rings is 1. The number of nitrogens with zero attached hydrogens (tertiary/aromatic N) is 2. The van der Waals surface area contributed by atoms with Crippen LogP contribution < -0.4 is 9.62 Å². The Bertz CT molecular complexity index is 758. The topological polar surface area (TPSA) is 62.3 Å². The van der Waals surface area contributed by atoms with Crippen LogP contribution >= 0.6 is 0 Å². The van der Waals surface area contributed by atoms with Crippen molar-refractivity contribution in [3.63, 3.8) is 0 Å². The number of piperidine rings is 1. The van der Waals surface area contributed by atoms with E-state index < -0.39 is 15.8 Å². The van der Waals surface area contributed by atoms with E-state index in [-0.39, 0.29) is 4.90 Å². The Morgan fingerprint density at radius 2 is 1.71 bits per heavy atom. The number of pyridine rings is 1. The average Bonchev–Trinajstić information content (AvgIpc) is 2.62. The maximum Gasteiger partial charge on any atom is 0.240 e. The van der Waals surface area contributed by atoms with Crippen molar-refractivity contribution in [3.05, 3.63) is 54.6 Å². The van der Waals surface area contributed by atoms with Crippen LogP contribution in [0.3, 0.4) is 0 Å². The third-order valence-electron chi connectivity index (χ3n) is 4.33. The van der Waals surface area contributed by atoms with Crippen LogP contribution in [0.5, 0.6) is 0 Å². The van der Waals surface area contributed by atoms with Gasteiger partial charge in [-0.15, -0.1) is 0 Å². The number of rotatable bonds is 5. The highest BCUT2D eigenvalue weighted by molar-refractivity contribution is 7.89. The van der Waals surface area contributed by atoms with E-state index in [9.17, 15) is 12.8 Å². The fourth-order valence-electron chi connectivity index (χ4n) is 2.87. The summed E-state index contributed by atoms with van der Waals surface area (Å²) in [7, 11) is -3.58. The molecule has 1 fully saturated rings. The lowest BCUT2D eigenvalue weighted by Gasteiger charge is -2.33. The van der Waals surface area contributed by atoms with E-state index in [1.165, 1.54) is 12.1 Å². The van der Waals surface area contributed by atoms with Crippen molar-refractivity contribution < 1.29 is 12.8 Å². The SMILES string of the molecule is O=S(=O)(NCC1CCN(c2ccncc2)CC1)c1ccc(F)cc1. The fourth-order valence-corrected chi connectivity index (χ4v) is 3.99. The maximum absolute atomic E-state index is 12.9. The first kappa shape index (κ1) is 16.9. The predicted octanol–water partition coefficient (Wildman–Crippen LogP) is 2.42. The molecular formula is C17H20FN3O2S. The highest BCUT2D eigenvalue weighted by Gasteiger charge is 2.22. The van der Waals surface area contributed by atoms with Gasteiger partial charge >= 0.3 is 0 Å². The summed E-state index contributed by atoms with van der Waals surface area (Å²) >= 11 is 0. The molecule has 0 unspecified atom stereocenters. The monoisotopic (exact) mass is 349 g/mol. The van der Waals surface area contributed by atoms with Gasteiger partial charge in [0, 0.05) is 37.7 Å². The molecule has 0 spiro atoms. The Hall–Kier alpha value is -1.99. The molecule has 1 aromatic heterocycles. The minimum absolute atomic E-state index is 0.0955. The summed E-state index contributed by atoms with van der Waals surface area (Å²) < 4.78 is 40.0. The van der Waals surface area contributed by atoms with Crippen molar-refractivity contribution in [1.29, 1.82) is 0 Å². The normalized spacial score (nSPS) is 16.3. The lowest BCUT2D eigenvalue weighted by Crippen LogP contribution is -2.38. The largest absolute Gasteiger partial charge is 0.371 e. The molecule has 1 aliphatic heterocycles. The van der Waals surface area contributed by atoms with Gasteiger partial charge in [-0.25, -0.2) is 17.5 Å². The number of hydrogen-bond acceptors (Lipinski definition) is 4. The Kier molecular flexibility index (Phi) is 5.11. The molecule has 128 valence electrons. The highest BCUT2D eigenvalue weighted by atomic mass is 32.2. The quantitative estimate of drug-likeness (QED) is 0.900. The molecule has 1 aliphatic rings. The molecule has 7 heteroatoms. The van der Waals surface area contributed by atoms with E-state index in [1.54, 1.807) is 12.4 Å². The molecule has 1 saturated heterocycles. The molecule has 0 saturated carbocycles. The number of hydrogen-bond donors (Lipinski definition) is 1. The van der Waals surface area contributed by atoms with Gasteiger partial charge in [-0.3, -0.25) is 4.98 Å². The second-order valence-corrected chi connectivity index (χ2v) is 7.71. The lowest BCUT2D eigenvalue weighted by molar-refractivity contribution is 0.402. The van der Waals surface area contributed by atoms with Crippen molar-refractivity contribution in [2.75, 3.05) is 24.5 Å². The molecule has 2 heterocycles. The van der Waals surface area contributed by atoms with Crippen LogP contribution in [0, 0.1) is 11.7 Å². The first-order chi connectivity index (χ1) is 11.5. The average molecular weight is 349 g/mol. The summed E-state index contributed by atoms with van der Waals surface area (Å²) in [6.07, 6.45) is 5.40. The Balaban J connectivity index is 1.52. The van der Waals surface area contributed by atoms with Crippen molar-refractivity contribution >= 4 is 15.7 Å². The third kappa shape index (κ3) is 4.10. The zero-order valence-corrected chi connectivity index (χ0v) is 14.0. The van der Waals surface area contributed by atoms with Gasteiger partial charge in [0.15, 0.2) is 0 Å². The summed E-state index contributed by atoms with van der Waals surface area (Å²) in [6.45, 7) is 2.20. The van der Waals surface area contributed by atoms with E-state index in [0.717, 1.165) is 43.8 Å². The van der Waals surface area contributed by atoms with Gasteiger partial charge in [-0.2, -0.15) is 0 Å². The summed E-state index contributed by atoms with van der Waals surface area (Å²) in [5, 5.41) is 0. The fraction of sp³-hybridized carbons (Fsp3) is 0.353. The smallest absolute Gasteiger partial charge is 0.240 e. The molecule has 0 aliphatic carbocycles. The van der Waals surface area contributed by atoms with Gasteiger partial charge in [-0.05, 0) is 55.2 Å². The van der Waals surface area contributed by atoms with Crippen molar-refractivity contribution in [3.8, 4) is 0 Å². The minimum atomic E-state index is -3.58. The molecule has 0 amide bonds. The molecule has 0 atom stereocenters. The number of nitrogens with one attached hydrogen (secondary N) is 1. The second-order valence-electron chi connectivity index (χ2n) is 5.94. The Morgan fingerprint density at radius 1 is 1.08 bits per heavy atom. The van der Waals surface area contributed by atoms with Crippen LogP contribution in [0.25, 0.3) is 0 Å². The van der Waals surface area contributed by atoms with Crippen molar-refractivity contribution in [2.45, 2.75) is 17.7 Å². The van der Waals surface area contributed by atoms with E-state index in [0.29, 0.717) is 12.5 Å². The van der Waals surface area contributed by atoms with Gasteiger partial charge in [0.1, 0.15) is 5.82 Å². The lowest BCUT2D eigenvalue weighted by atomic mass is 9.97. The summed E-state index contributed by atoms with van der Waals surface area (Å²) in [6, 6.07) is 8.84. The van der Waals surface area contributed by atoms with Crippen LogP contribution in [0.15, 0.2) is 53.7 Å². The van der Waals surface area contributed by atoms with Crippen molar-refractivity contribution in [2.24, 2.45) is 5.92 Å². The molecule has 0 bridgehead atoms. The zero-order chi connectivity index (χ0) is 17.0. The van der Waals surface area contributed by atoms with E-state index >= 15 is 0 Å². The first-order valence-corrected chi connectivity index (χ1v) is 9.43. The molecule has 0 radical (unpaired) electrons. The molecule has 1 N–H and O–H groups in total. The van der Waals surface area contributed by atoms with Crippen molar-refractivity contribution in [1.82, 2.24) is 9.71 Å². The summed E-state index contributed by atoms with van der Waals surface area (Å²) in [5.74, 6) is -0.143. The number of sulfonamides is 1. The molecule has 5 nitrogen and oxygen atoms in total. The second kappa shape index (κ2) is 7.27. The molecule has 1 aromatic carbocycles. The van der Waals surface area contributed by atoms with Crippen LogP contribution in [0.4, 0.5) is 10.1 Å². The van der Waals surface area contributed by atoms with Crippen LogP contribution in [0.1, 0.15) is 12.8 Å². The van der Waals surface area contributed by atoms with Gasteiger partial charge in [-0.1, -0.05) is 0 Å². The summed E-state index contributed by atoms with van der Waals surface area (Å²) in [4.78, 5) is 6.40. The standard InChI is InChI=1S/C17H20FN3O2S/c18-15-1-3-17(4-2-15)24(22,23)20-13-14-7-11-21(12-8-14)16-5-9-19-10-6-16/h1-6,9-10,14,20H,7-8,11-13H2. The number of aromatic nitrogens is 1. The Labute approximate surface area is 141 Å². The number of halogens is 1. The van der Waals surface area contributed by atoms with Gasteiger partial charge in [0.2, 0.25) is 10.0 Å². The molecule has 24 heavy (non-hydrogen) atoms. The van der Waals surface area contributed by atoms with E-state index in [4.69, 9.17) is 0 Å². The highest BCUT2D eigenvalue weighted by Crippen LogP contribution is 2.22. The molecule has 3 rings (SSSR count).